The summed E-state index contributed by atoms with van der Waals surface area (Å²) in [5.41, 5.74) is -0.463. The van der Waals surface area contributed by atoms with Crippen LogP contribution < -0.4 is 5.32 Å². The van der Waals surface area contributed by atoms with Crippen LogP contribution in [0.25, 0.3) is 10.8 Å². The topological polar surface area (TPSA) is 62.5 Å². The molecule has 0 aliphatic carbocycles. The highest BCUT2D eigenvalue weighted by molar-refractivity contribution is 6.07. The smallest absolute Gasteiger partial charge is 0.252 e. The van der Waals surface area contributed by atoms with Crippen molar-refractivity contribution in [3.8, 4) is 0 Å². The van der Waals surface area contributed by atoms with Crippen LogP contribution >= 0.6 is 0 Å². The lowest BCUT2D eigenvalue weighted by Crippen LogP contribution is -2.42. The molecular formula is C19H19NO3. The molecule has 2 aromatic carbocycles. The number of benzene rings is 2. The van der Waals surface area contributed by atoms with Crippen LogP contribution in [0.2, 0.25) is 0 Å². The van der Waals surface area contributed by atoms with E-state index in [2.05, 4.69) is 5.32 Å². The van der Waals surface area contributed by atoms with Crippen molar-refractivity contribution in [1.29, 1.82) is 0 Å². The lowest BCUT2D eigenvalue weighted by Gasteiger charge is -2.22. The quantitative estimate of drug-likeness (QED) is 0.761. The van der Waals surface area contributed by atoms with Crippen molar-refractivity contribution in [3.05, 3.63) is 72.2 Å². The first-order valence-corrected chi connectivity index (χ1v) is 7.56. The minimum atomic E-state index is -1.07. The molecule has 1 aromatic heterocycles. The van der Waals surface area contributed by atoms with Crippen molar-refractivity contribution in [1.82, 2.24) is 5.32 Å². The van der Waals surface area contributed by atoms with Gasteiger partial charge in [0.25, 0.3) is 5.91 Å². The molecule has 0 aliphatic heterocycles. The summed E-state index contributed by atoms with van der Waals surface area (Å²) in [4.78, 5) is 12.5. The Morgan fingerprint density at radius 1 is 1.13 bits per heavy atom. The van der Waals surface area contributed by atoms with Crippen LogP contribution in [-0.4, -0.2) is 23.2 Å². The van der Waals surface area contributed by atoms with Crippen LogP contribution in [0.1, 0.15) is 23.0 Å². The van der Waals surface area contributed by atoms with Crippen molar-refractivity contribution >= 4 is 16.7 Å². The number of furan rings is 1. The van der Waals surface area contributed by atoms with Crippen molar-refractivity contribution in [2.75, 3.05) is 6.54 Å². The van der Waals surface area contributed by atoms with E-state index < -0.39 is 5.60 Å². The van der Waals surface area contributed by atoms with Gasteiger partial charge in [0.05, 0.1) is 11.9 Å². The van der Waals surface area contributed by atoms with E-state index in [1.807, 2.05) is 36.4 Å². The Bertz CT molecular complexity index is 801. The molecule has 1 atom stereocenters. The first-order valence-electron chi connectivity index (χ1n) is 7.56. The lowest BCUT2D eigenvalue weighted by molar-refractivity contribution is 0.0510. The molecule has 1 amide bonds. The summed E-state index contributed by atoms with van der Waals surface area (Å²) in [6, 6.07) is 17.0. The average Bonchev–Trinajstić information content (AvgIpc) is 3.04. The SMILES string of the molecule is C[C@](O)(CNC(=O)c1cccc2ccccc12)Cc1ccco1. The van der Waals surface area contributed by atoms with Crippen LogP contribution in [0.15, 0.2) is 65.3 Å². The van der Waals surface area contributed by atoms with Gasteiger partial charge in [-0.05, 0) is 35.9 Å². The van der Waals surface area contributed by atoms with Crippen molar-refractivity contribution in [3.63, 3.8) is 0 Å². The van der Waals surface area contributed by atoms with Crippen LogP contribution in [0, 0.1) is 0 Å². The summed E-state index contributed by atoms with van der Waals surface area (Å²) in [7, 11) is 0. The van der Waals surface area contributed by atoms with E-state index in [1.165, 1.54) is 0 Å². The summed E-state index contributed by atoms with van der Waals surface area (Å²) >= 11 is 0. The lowest BCUT2D eigenvalue weighted by atomic mass is 10.00. The van der Waals surface area contributed by atoms with Gasteiger partial charge < -0.3 is 14.8 Å². The zero-order valence-corrected chi connectivity index (χ0v) is 13.0. The van der Waals surface area contributed by atoms with E-state index in [4.69, 9.17) is 4.42 Å². The predicted octanol–water partition coefficient (Wildman–Crippen LogP) is 3.16. The van der Waals surface area contributed by atoms with Crippen molar-refractivity contribution in [2.24, 2.45) is 0 Å². The predicted molar refractivity (Wildman–Crippen MR) is 89.3 cm³/mol. The van der Waals surface area contributed by atoms with Gasteiger partial charge in [-0.15, -0.1) is 0 Å². The molecule has 2 N–H and O–H groups in total. The minimum absolute atomic E-state index is 0.149. The molecular weight excluding hydrogens is 290 g/mol. The molecule has 0 spiro atoms. The van der Waals surface area contributed by atoms with Crippen LogP contribution in [0.3, 0.4) is 0 Å². The molecule has 3 rings (SSSR count). The molecule has 0 saturated heterocycles. The third kappa shape index (κ3) is 3.60. The Morgan fingerprint density at radius 3 is 2.70 bits per heavy atom. The number of carbonyl (C=O) groups excluding carboxylic acids is 1. The van der Waals surface area contributed by atoms with Gasteiger partial charge in [-0.3, -0.25) is 4.79 Å². The number of fused-ring (bicyclic) bond motifs is 1. The number of carbonyl (C=O) groups is 1. The van der Waals surface area contributed by atoms with E-state index in [0.29, 0.717) is 17.7 Å². The third-order valence-corrected chi connectivity index (χ3v) is 3.80. The highest BCUT2D eigenvalue weighted by Gasteiger charge is 2.23. The summed E-state index contributed by atoms with van der Waals surface area (Å²) < 4.78 is 5.25. The molecule has 0 unspecified atom stereocenters. The van der Waals surface area contributed by atoms with Crippen LogP contribution in [0.5, 0.6) is 0 Å². The van der Waals surface area contributed by atoms with Gasteiger partial charge in [0.15, 0.2) is 0 Å². The molecule has 0 radical (unpaired) electrons. The largest absolute Gasteiger partial charge is 0.469 e. The van der Waals surface area contributed by atoms with Gasteiger partial charge in [0.1, 0.15) is 5.76 Å². The molecule has 3 aromatic rings. The number of amides is 1. The summed E-state index contributed by atoms with van der Waals surface area (Å²) in [5.74, 6) is 0.496. The van der Waals surface area contributed by atoms with E-state index in [1.54, 1.807) is 31.4 Å². The maximum Gasteiger partial charge on any atom is 0.252 e. The Hall–Kier alpha value is -2.59. The van der Waals surface area contributed by atoms with Crippen LogP contribution in [-0.2, 0) is 6.42 Å². The van der Waals surface area contributed by atoms with Crippen molar-refractivity contribution in [2.45, 2.75) is 18.9 Å². The molecule has 0 aliphatic rings. The number of aliphatic hydroxyl groups is 1. The van der Waals surface area contributed by atoms with Gasteiger partial charge >= 0.3 is 0 Å². The van der Waals surface area contributed by atoms with Gasteiger partial charge in [0, 0.05) is 18.5 Å². The monoisotopic (exact) mass is 309 g/mol. The second kappa shape index (κ2) is 6.26. The molecule has 0 bridgehead atoms. The first kappa shape index (κ1) is 15.3. The normalized spacial score (nSPS) is 13.7. The molecule has 0 fully saturated rings. The third-order valence-electron chi connectivity index (χ3n) is 3.80. The molecule has 118 valence electrons. The number of rotatable bonds is 5. The summed E-state index contributed by atoms with van der Waals surface area (Å²) in [5, 5.41) is 15.2. The Labute approximate surface area is 134 Å². The molecule has 1 heterocycles. The number of nitrogens with one attached hydrogen (secondary N) is 1. The van der Waals surface area contributed by atoms with E-state index in [9.17, 15) is 9.90 Å². The fourth-order valence-corrected chi connectivity index (χ4v) is 2.64. The summed E-state index contributed by atoms with van der Waals surface area (Å²) in [6.07, 6.45) is 1.91. The number of hydrogen-bond acceptors (Lipinski definition) is 3. The minimum Gasteiger partial charge on any atom is -0.469 e. The van der Waals surface area contributed by atoms with E-state index in [0.717, 1.165) is 10.8 Å². The van der Waals surface area contributed by atoms with E-state index >= 15 is 0 Å². The van der Waals surface area contributed by atoms with Gasteiger partial charge in [-0.2, -0.15) is 0 Å². The Morgan fingerprint density at radius 2 is 1.91 bits per heavy atom. The molecule has 23 heavy (non-hydrogen) atoms. The molecule has 4 heteroatoms. The fourth-order valence-electron chi connectivity index (χ4n) is 2.64. The second-order valence-electron chi connectivity index (χ2n) is 5.96. The average molecular weight is 309 g/mol. The van der Waals surface area contributed by atoms with Gasteiger partial charge in [-0.1, -0.05) is 36.4 Å². The van der Waals surface area contributed by atoms with E-state index in [-0.39, 0.29) is 12.5 Å². The second-order valence-corrected chi connectivity index (χ2v) is 5.96. The highest BCUT2D eigenvalue weighted by Crippen LogP contribution is 2.19. The summed E-state index contributed by atoms with van der Waals surface area (Å²) in [6.45, 7) is 1.83. The first-order chi connectivity index (χ1) is 11.1. The van der Waals surface area contributed by atoms with Gasteiger partial charge in [-0.25, -0.2) is 0 Å². The number of hydrogen-bond donors (Lipinski definition) is 2. The standard InChI is InChI=1S/C19H19NO3/c1-19(22,12-15-8-5-11-23-15)13-20-18(21)17-10-4-7-14-6-2-3-9-16(14)17/h2-11,22H,12-13H2,1H3,(H,20,21)/t19-/m1/s1. The molecule has 0 saturated carbocycles. The Kier molecular flexibility index (Phi) is 4.17. The maximum absolute atomic E-state index is 12.5. The van der Waals surface area contributed by atoms with Gasteiger partial charge in [0.2, 0.25) is 0 Å². The van der Waals surface area contributed by atoms with Crippen LogP contribution in [0.4, 0.5) is 0 Å². The zero-order valence-electron chi connectivity index (χ0n) is 13.0. The molecule has 4 nitrogen and oxygen atoms in total. The van der Waals surface area contributed by atoms with Crippen molar-refractivity contribution < 1.29 is 14.3 Å². The highest BCUT2D eigenvalue weighted by atomic mass is 16.3. The maximum atomic E-state index is 12.5. The fraction of sp³-hybridized carbons (Fsp3) is 0.211. The Balaban J connectivity index is 1.71. The zero-order chi connectivity index (χ0) is 16.3.